The van der Waals surface area contributed by atoms with E-state index < -0.39 is 36.5 Å². The molecule has 1 saturated carbocycles. The molecule has 1 aliphatic carbocycles. The molecule has 10 heteroatoms. The standard InChI is InChI=1S/C25H32O10/c1-13(2)19-8-7-14(3)9-20(19)35-23(29)12-31-25(30)18-10-21(32-15(4)26)24(34-17(6)28)22(11-18)33-16(5)27/h10-11,13-14,19-20H,7-9,12H2,1-6H3. The number of carbonyl (C=O) groups is 5. The molecule has 2 rings (SSSR count). The second-order valence-electron chi connectivity index (χ2n) is 9.01. The molecular weight excluding hydrogens is 460 g/mol. The van der Waals surface area contributed by atoms with Crippen molar-refractivity contribution < 1.29 is 47.7 Å². The van der Waals surface area contributed by atoms with Crippen molar-refractivity contribution in [3.63, 3.8) is 0 Å². The Morgan fingerprint density at radius 2 is 1.43 bits per heavy atom. The van der Waals surface area contributed by atoms with Crippen molar-refractivity contribution in [3.05, 3.63) is 17.7 Å². The highest BCUT2D eigenvalue weighted by atomic mass is 16.6. The Hall–Kier alpha value is -3.43. The van der Waals surface area contributed by atoms with Gasteiger partial charge in [-0.25, -0.2) is 9.59 Å². The highest BCUT2D eigenvalue weighted by Crippen LogP contribution is 2.40. The van der Waals surface area contributed by atoms with Crippen LogP contribution in [-0.2, 0) is 28.7 Å². The molecule has 1 aliphatic rings. The minimum absolute atomic E-state index is 0.201. The molecule has 0 saturated heterocycles. The van der Waals surface area contributed by atoms with E-state index in [1.807, 2.05) is 0 Å². The van der Waals surface area contributed by atoms with E-state index in [1.54, 1.807) is 0 Å². The van der Waals surface area contributed by atoms with Crippen molar-refractivity contribution in [2.45, 2.75) is 66.9 Å². The highest BCUT2D eigenvalue weighted by molar-refractivity contribution is 5.93. The molecular formula is C25H32O10. The maximum absolute atomic E-state index is 12.7. The molecule has 1 aromatic carbocycles. The lowest BCUT2D eigenvalue weighted by molar-refractivity contribution is -0.159. The van der Waals surface area contributed by atoms with Gasteiger partial charge in [0, 0.05) is 20.8 Å². The van der Waals surface area contributed by atoms with Crippen LogP contribution in [0.15, 0.2) is 12.1 Å². The molecule has 10 nitrogen and oxygen atoms in total. The van der Waals surface area contributed by atoms with Gasteiger partial charge in [0.15, 0.2) is 18.1 Å². The van der Waals surface area contributed by atoms with Gasteiger partial charge in [-0.3, -0.25) is 14.4 Å². The Morgan fingerprint density at radius 1 is 0.886 bits per heavy atom. The number of rotatable bonds is 8. The average Bonchev–Trinajstić information content (AvgIpc) is 2.72. The number of ether oxygens (including phenoxy) is 5. The van der Waals surface area contributed by atoms with Crippen LogP contribution in [0.3, 0.4) is 0 Å². The third-order valence-corrected chi connectivity index (χ3v) is 5.57. The summed E-state index contributed by atoms with van der Waals surface area (Å²) in [6.07, 6.45) is 2.53. The fraction of sp³-hybridized carbons (Fsp3) is 0.560. The lowest BCUT2D eigenvalue weighted by Gasteiger charge is -2.36. The minimum atomic E-state index is -0.962. The lowest BCUT2D eigenvalue weighted by Crippen LogP contribution is -2.36. The molecule has 0 N–H and O–H groups in total. The van der Waals surface area contributed by atoms with E-state index in [0.717, 1.165) is 52.2 Å². The van der Waals surface area contributed by atoms with Gasteiger partial charge in [-0.05, 0) is 42.7 Å². The van der Waals surface area contributed by atoms with E-state index in [4.69, 9.17) is 23.7 Å². The Morgan fingerprint density at radius 3 is 1.91 bits per heavy atom. The summed E-state index contributed by atoms with van der Waals surface area (Å²) in [4.78, 5) is 59.6. The summed E-state index contributed by atoms with van der Waals surface area (Å²) in [5.41, 5.74) is -0.201. The molecule has 0 amide bonds. The smallest absolute Gasteiger partial charge is 0.344 e. The fourth-order valence-electron chi connectivity index (χ4n) is 4.06. The van der Waals surface area contributed by atoms with Gasteiger partial charge in [-0.2, -0.15) is 0 Å². The molecule has 0 aromatic heterocycles. The molecule has 3 unspecified atom stereocenters. The molecule has 0 spiro atoms. The van der Waals surface area contributed by atoms with Gasteiger partial charge in [0.25, 0.3) is 0 Å². The van der Waals surface area contributed by atoms with Crippen molar-refractivity contribution >= 4 is 29.8 Å². The molecule has 1 aromatic rings. The van der Waals surface area contributed by atoms with E-state index in [0.29, 0.717) is 11.8 Å². The van der Waals surface area contributed by atoms with Crippen LogP contribution < -0.4 is 14.2 Å². The van der Waals surface area contributed by atoms with Gasteiger partial charge in [0.05, 0.1) is 5.56 Å². The van der Waals surface area contributed by atoms with E-state index in [9.17, 15) is 24.0 Å². The second kappa shape index (κ2) is 12.3. The average molecular weight is 493 g/mol. The number of esters is 5. The maximum atomic E-state index is 12.7. The van der Waals surface area contributed by atoms with Crippen LogP contribution in [0.4, 0.5) is 0 Å². The van der Waals surface area contributed by atoms with Gasteiger partial charge in [-0.15, -0.1) is 0 Å². The van der Waals surface area contributed by atoms with Crippen LogP contribution in [0.2, 0.25) is 0 Å². The topological polar surface area (TPSA) is 132 Å². The van der Waals surface area contributed by atoms with Crippen molar-refractivity contribution in [1.82, 2.24) is 0 Å². The third kappa shape index (κ3) is 8.38. The van der Waals surface area contributed by atoms with Crippen LogP contribution in [-0.4, -0.2) is 42.6 Å². The third-order valence-electron chi connectivity index (χ3n) is 5.57. The maximum Gasteiger partial charge on any atom is 0.344 e. The number of carbonyl (C=O) groups excluding carboxylic acids is 5. The monoisotopic (exact) mass is 492 g/mol. The van der Waals surface area contributed by atoms with Crippen molar-refractivity contribution in [3.8, 4) is 17.2 Å². The van der Waals surface area contributed by atoms with E-state index in [2.05, 4.69) is 20.8 Å². The predicted octanol–water partition coefficient (Wildman–Crippen LogP) is 3.62. The summed E-state index contributed by atoms with van der Waals surface area (Å²) >= 11 is 0. The number of benzene rings is 1. The molecule has 0 bridgehead atoms. The zero-order chi connectivity index (χ0) is 26.3. The van der Waals surface area contributed by atoms with Gasteiger partial charge in [-0.1, -0.05) is 27.2 Å². The highest BCUT2D eigenvalue weighted by Gasteiger charge is 2.33. The predicted molar refractivity (Wildman–Crippen MR) is 122 cm³/mol. The van der Waals surface area contributed by atoms with Gasteiger partial charge in [0.1, 0.15) is 6.10 Å². The SMILES string of the molecule is CC(=O)Oc1cc(C(=O)OCC(=O)OC2CC(C)CCC2C(C)C)cc(OC(C)=O)c1OC(C)=O. The number of hydrogen-bond acceptors (Lipinski definition) is 10. The zero-order valence-corrected chi connectivity index (χ0v) is 20.9. The van der Waals surface area contributed by atoms with E-state index >= 15 is 0 Å². The fourth-order valence-corrected chi connectivity index (χ4v) is 4.06. The molecule has 0 aliphatic heterocycles. The first-order valence-electron chi connectivity index (χ1n) is 11.5. The van der Waals surface area contributed by atoms with E-state index in [1.165, 1.54) is 0 Å². The molecule has 192 valence electrons. The molecule has 35 heavy (non-hydrogen) atoms. The second-order valence-corrected chi connectivity index (χ2v) is 9.01. The first-order valence-corrected chi connectivity index (χ1v) is 11.5. The summed E-state index contributed by atoms with van der Waals surface area (Å²) in [5.74, 6) is -3.99. The van der Waals surface area contributed by atoms with Crippen LogP contribution >= 0.6 is 0 Å². The number of hydrogen-bond donors (Lipinski definition) is 0. The van der Waals surface area contributed by atoms with Gasteiger partial charge >= 0.3 is 29.8 Å². The summed E-state index contributed by atoms with van der Waals surface area (Å²) in [7, 11) is 0. The van der Waals surface area contributed by atoms with Crippen LogP contribution in [0, 0.1) is 17.8 Å². The summed E-state index contributed by atoms with van der Waals surface area (Å²) in [6, 6.07) is 2.16. The Kier molecular flexibility index (Phi) is 9.79. The van der Waals surface area contributed by atoms with E-state index in [-0.39, 0.29) is 34.8 Å². The summed E-state index contributed by atoms with van der Waals surface area (Å²) < 4.78 is 25.8. The Bertz CT molecular complexity index is 943. The Balaban J connectivity index is 2.19. The van der Waals surface area contributed by atoms with Gasteiger partial charge < -0.3 is 23.7 Å². The van der Waals surface area contributed by atoms with Crippen molar-refractivity contribution in [2.75, 3.05) is 6.61 Å². The van der Waals surface area contributed by atoms with Crippen LogP contribution in [0.25, 0.3) is 0 Å². The van der Waals surface area contributed by atoms with Crippen molar-refractivity contribution in [1.29, 1.82) is 0 Å². The first-order chi connectivity index (χ1) is 16.4. The minimum Gasteiger partial charge on any atom is -0.460 e. The van der Waals surface area contributed by atoms with Gasteiger partial charge in [0.2, 0.25) is 5.75 Å². The zero-order valence-electron chi connectivity index (χ0n) is 20.9. The molecule has 1 fully saturated rings. The summed E-state index contributed by atoms with van der Waals surface area (Å²) in [6.45, 7) is 8.94. The first kappa shape index (κ1) is 27.8. The van der Waals surface area contributed by atoms with Crippen LogP contribution in [0.5, 0.6) is 17.2 Å². The molecule has 0 heterocycles. The Labute approximate surface area is 204 Å². The van der Waals surface area contributed by atoms with Crippen LogP contribution in [0.1, 0.15) is 71.2 Å². The molecule has 3 atom stereocenters. The summed E-state index contributed by atoms with van der Waals surface area (Å²) in [5, 5.41) is 0. The van der Waals surface area contributed by atoms with Crippen molar-refractivity contribution in [2.24, 2.45) is 17.8 Å². The lowest BCUT2D eigenvalue weighted by atomic mass is 9.75. The quantitative estimate of drug-likeness (QED) is 0.391. The largest absolute Gasteiger partial charge is 0.460 e. The molecule has 0 radical (unpaired) electrons. The normalized spacial score (nSPS) is 19.5.